The molecule has 3 amide bonds. The molecule has 0 spiro atoms. The fraction of sp³-hybridized carbons (Fsp3) is 0.366. The molecule has 12 nitrogen and oxygen atoms in total. The Kier molecular flexibility index (Phi) is 11.6. The highest BCUT2D eigenvalue weighted by Crippen LogP contribution is 2.41. The lowest BCUT2D eigenvalue weighted by atomic mass is 9.98. The lowest BCUT2D eigenvalue weighted by molar-refractivity contribution is -0.116. The number of rotatable bonds is 17. The van der Waals surface area contributed by atoms with Crippen molar-refractivity contribution in [3.8, 4) is 0 Å². The predicted octanol–water partition coefficient (Wildman–Crippen LogP) is 6.74. The average molecular weight is 717 g/mol. The van der Waals surface area contributed by atoms with E-state index in [1.165, 1.54) is 11.2 Å². The first-order valence-electron chi connectivity index (χ1n) is 18.4. The Morgan fingerprint density at radius 1 is 0.811 bits per heavy atom. The van der Waals surface area contributed by atoms with E-state index in [1.807, 2.05) is 60.7 Å². The number of hydrogen-bond donors (Lipinski definition) is 1. The first-order chi connectivity index (χ1) is 26.0. The molecule has 1 saturated heterocycles. The summed E-state index contributed by atoms with van der Waals surface area (Å²) >= 11 is 0. The molecule has 0 saturated carbocycles. The molecular formula is C41H44N6O6. The van der Waals surface area contributed by atoms with Crippen molar-refractivity contribution in [3.05, 3.63) is 120 Å². The third-order valence-corrected chi connectivity index (χ3v) is 9.82. The summed E-state index contributed by atoms with van der Waals surface area (Å²) in [5.41, 5.74) is 3.54. The number of carbonyl (C=O) groups excluding carboxylic acids is 3. The van der Waals surface area contributed by atoms with Crippen LogP contribution in [0.15, 0.2) is 97.6 Å². The van der Waals surface area contributed by atoms with Crippen LogP contribution in [-0.4, -0.2) is 67.5 Å². The van der Waals surface area contributed by atoms with Crippen LogP contribution < -0.4 is 5.32 Å². The molecule has 0 aliphatic carbocycles. The monoisotopic (exact) mass is 716 g/mol. The van der Waals surface area contributed by atoms with Crippen molar-refractivity contribution in [2.45, 2.75) is 77.1 Å². The van der Waals surface area contributed by atoms with E-state index in [-0.39, 0.29) is 37.5 Å². The second-order valence-corrected chi connectivity index (χ2v) is 13.5. The van der Waals surface area contributed by atoms with E-state index in [9.17, 15) is 14.4 Å². The number of benzene rings is 3. The van der Waals surface area contributed by atoms with Gasteiger partial charge in [-0.25, -0.2) is 15.0 Å². The summed E-state index contributed by atoms with van der Waals surface area (Å²) in [7, 11) is 0. The van der Waals surface area contributed by atoms with Gasteiger partial charge in [-0.15, -0.1) is 0 Å². The second kappa shape index (κ2) is 17.0. The number of imide groups is 1. The summed E-state index contributed by atoms with van der Waals surface area (Å²) in [5, 5.41) is 2.92. The van der Waals surface area contributed by atoms with E-state index in [4.69, 9.17) is 14.2 Å². The fourth-order valence-electron chi connectivity index (χ4n) is 7.09. The molecule has 5 aromatic rings. The maximum atomic E-state index is 13.7. The first kappa shape index (κ1) is 36.1. The standard InChI is InChI=1S/C41H44N6O6/c1-2-3-4-5-12-21-34(48)45-37-35-38(43-26-42-37)47(27-44-35)41-32(22-46-39(49)30-19-13-14-20-31(30)40(46)50)36(52-24-29-17-10-7-11-18-29)33(53-41)25-51-23-28-15-8-6-9-16-28/h6-11,13-20,26-27,32-33,36,41H,2-5,12,21-25H2,1H3,(H,42,43,45,48)/t32-,33-,36+,41-/m1/s1. The van der Waals surface area contributed by atoms with Crippen LogP contribution in [0.2, 0.25) is 0 Å². The van der Waals surface area contributed by atoms with Gasteiger partial charge in [0.15, 0.2) is 17.0 Å². The molecule has 0 radical (unpaired) electrons. The minimum absolute atomic E-state index is 0.0119. The summed E-state index contributed by atoms with van der Waals surface area (Å²) in [6, 6.07) is 26.5. The zero-order valence-electron chi connectivity index (χ0n) is 29.8. The van der Waals surface area contributed by atoms with Gasteiger partial charge in [-0.2, -0.15) is 0 Å². The van der Waals surface area contributed by atoms with Crippen molar-refractivity contribution < 1.29 is 28.6 Å². The van der Waals surface area contributed by atoms with E-state index in [0.717, 1.165) is 43.2 Å². The van der Waals surface area contributed by atoms with Gasteiger partial charge in [0, 0.05) is 13.0 Å². The quantitative estimate of drug-likeness (QED) is 0.0820. The number of hydrogen-bond acceptors (Lipinski definition) is 9. The Labute approximate surface area is 308 Å². The van der Waals surface area contributed by atoms with Gasteiger partial charge in [-0.3, -0.25) is 23.9 Å². The molecule has 4 heterocycles. The Morgan fingerprint density at radius 2 is 1.47 bits per heavy atom. The molecule has 2 aliphatic rings. The van der Waals surface area contributed by atoms with Crippen molar-refractivity contribution >= 4 is 34.7 Å². The molecule has 12 heteroatoms. The van der Waals surface area contributed by atoms with Gasteiger partial charge in [-0.1, -0.05) is 105 Å². The average Bonchev–Trinajstić information content (AvgIpc) is 3.84. The molecule has 7 rings (SSSR count). The van der Waals surface area contributed by atoms with Crippen LogP contribution in [0.4, 0.5) is 5.82 Å². The number of imidazole rings is 1. The van der Waals surface area contributed by atoms with Crippen molar-refractivity contribution in [2.75, 3.05) is 18.5 Å². The lowest BCUT2D eigenvalue weighted by Gasteiger charge is -2.28. The molecule has 0 bridgehead atoms. The van der Waals surface area contributed by atoms with Gasteiger partial charge in [0.25, 0.3) is 11.8 Å². The van der Waals surface area contributed by atoms with Crippen LogP contribution in [-0.2, 0) is 32.2 Å². The highest BCUT2D eigenvalue weighted by molar-refractivity contribution is 6.21. The Bertz CT molecular complexity index is 1990. The van der Waals surface area contributed by atoms with Crippen molar-refractivity contribution in [3.63, 3.8) is 0 Å². The number of nitrogens with zero attached hydrogens (tertiary/aromatic N) is 5. The van der Waals surface area contributed by atoms with Gasteiger partial charge in [0.1, 0.15) is 18.7 Å². The molecule has 3 aromatic carbocycles. The van der Waals surface area contributed by atoms with Crippen molar-refractivity contribution in [2.24, 2.45) is 5.92 Å². The summed E-state index contributed by atoms with van der Waals surface area (Å²) in [6.45, 7) is 3.00. The molecule has 1 N–H and O–H groups in total. The normalized spacial score (nSPS) is 19.6. The number of aromatic nitrogens is 4. The molecule has 2 aliphatic heterocycles. The number of anilines is 1. The summed E-state index contributed by atoms with van der Waals surface area (Å²) in [5.74, 6) is -1.12. The number of amides is 3. The fourth-order valence-corrected chi connectivity index (χ4v) is 7.09. The highest BCUT2D eigenvalue weighted by atomic mass is 16.6. The molecule has 4 atom stereocenters. The van der Waals surface area contributed by atoms with Gasteiger partial charge in [0.2, 0.25) is 5.91 Å². The van der Waals surface area contributed by atoms with Crippen LogP contribution in [0.3, 0.4) is 0 Å². The Hall–Kier alpha value is -5.30. The molecule has 53 heavy (non-hydrogen) atoms. The molecule has 1 fully saturated rings. The topological polar surface area (TPSA) is 138 Å². The third-order valence-electron chi connectivity index (χ3n) is 9.82. The number of nitrogens with one attached hydrogen (secondary N) is 1. The maximum Gasteiger partial charge on any atom is 0.261 e. The molecule has 2 aromatic heterocycles. The van der Waals surface area contributed by atoms with Gasteiger partial charge in [-0.05, 0) is 29.7 Å². The first-order valence-corrected chi connectivity index (χ1v) is 18.4. The molecule has 274 valence electrons. The number of carbonyl (C=O) groups is 3. The van der Waals surface area contributed by atoms with Gasteiger partial charge in [0.05, 0.1) is 49.3 Å². The minimum atomic E-state index is -0.771. The van der Waals surface area contributed by atoms with Crippen molar-refractivity contribution in [1.29, 1.82) is 0 Å². The van der Waals surface area contributed by atoms with Gasteiger partial charge >= 0.3 is 0 Å². The SMILES string of the molecule is CCCCCCCC(=O)Nc1ncnc2c1ncn2[C@@H]1O[C@H](COCc2ccccc2)[C@@H](OCc2ccccc2)[C@H]1CN1C(=O)c2ccccc2C1=O. The smallest absolute Gasteiger partial charge is 0.261 e. The van der Waals surface area contributed by atoms with E-state index in [0.29, 0.717) is 41.1 Å². The Morgan fingerprint density at radius 3 is 2.17 bits per heavy atom. The highest BCUT2D eigenvalue weighted by Gasteiger charge is 2.50. The summed E-state index contributed by atoms with van der Waals surface area (Å²) in [6.07, 6.45) is 6.58. The van der Waals surface area contributed by atoms with E-state index >= 15 is 0 Å². The van der Waals surface area contributed by atoms with Crippen LogP contribution in [0.5, 0.6) is 0 Å². The third kappa shape index (κ3) is 8.20. The molecular weight excluding hydrogens is 672 g/mol. The summed E-state index contributed by atoms with van der Waals surface area (Å²) < 4.78 is 21.5. The van der Waals surface area contributed by atoms with Crippen molar-refractivity contribution in [1.82, 2.24) is 24.4 Å². The summed E-state index contributed by atoms with van der Waals surface area (Å²) in [4.78, 5) is 55.1. The van der Waals surface area contributed by atoms with Crippen LogP contribution in [0, 0.1) is 5.92 Å². The lowest BCUT2D eigenvalue weighted by Crippen LogP contribution is -2.42. The van der Waals surface area contributed by atoms with Gasteiger partial charge < -0.3 is 19.5 Å². The predicted molar refractivity (Wildman–Crippen MR) is 198 cm³/mol. The zero-order valence-corrected chi connectivity index (χ0v) is 29.8. The number of fused-ring (bicyclic) bond motifs is 2. The van der Waals surface area contributed by atoms with Crippen LogP contribution >= 0.6 is 0 Å². The zero-order chi connectivity index (χ0) is 36.6. The Balaban J connectivity index is 1.19. The van der Waals surface area contributed by atoms with Crippen LogP contribution in [0.1, 0.15) is 83.5 Å². The maximum absolute atomic E-state index is 13.7. The van der Waals surface area contributed by atoms with E-state index in [2.05, 4.69) is 27.2 Å². The van der Waals surface area contributed by atoms with E-state index < -0.39 is 24.4 Å². The second-order valence-electron chi connectivity index (χ2n) is 13.5. The largest absolute Gasteiger partial charge is 0.374 e. The number of unbranched alkanes of at least 4 members (excludes halogenated alkanes) is 4. The van der Waals surface area contributed by atoms with Crippen LogP contribution in [0.25, 0.3) is 11.2 Å². The molecule has 0 unspecified atom stereocenters. The van der Waals surface area contributed by atoms with E-state index in [1.54, 1.807) is 35.2 Å². The minimum Gasteiger partial charge on any atom is -0.374 e. The number of ether oxygens (including phenoxy) is 3.